The van der Waals surface area contributed by atoms with E-state index in [1.54, 1.807) is 24.2 Å². The van der Waals surface area contributed by atoms with Crippen LogP contribution in [0.3, 0.4) is 0 Å². The first-order valence-corrected chi connectivity index (χ1v) is 7.30. The zero-order chi connectivity index (χ0) is 14.5. The van der Waals surface area contributed by atoms with Crippen LogP contribution in [0.2, 0.25) is 0 Å². The minimum Gasteiger partial charge on any atom is -0.383 e. The van der Waals surface area contributed by atoms with Crippen molar-refractivity contribution < 1.29 is 9.84 Å². The molecule has 2 aromatic rings. The predicted octanol–water partition coefficient (Wildman–Crippen LogP) is 2.33. The molecule has 2 heterocycles. The van der Waals surface area contributed by atoms with Crippen molar-refractivity contribution in [2.24, 2.45) is 0 Å². The molecule has 5 nitrogen and oxygen atoms in total. The van der Waals surface area contributed by atoms with Gasteiger partial charge in [0.2, 0.25) is 0 Å². The first-order chi connectivity index (χ1) is 9.69. The van der Waals surface area contributed by atoms with E-state index in [9.17, 15) is 5.11 Å². The summed E-state index contributed by atoms with van der Waals surface area (Å²) in [5.74, 6) is 0. The number of aliphatic hydroxyl groups is 1. The van der Waals surface area contributed by atoms with E-state index in [1.165, 1.54) is 0 Å². The highest BCUT2D eigenvalue weighted by molar-refractivity contribution is 9.10. The van der Waals surface area contributed by atoms with Crippen molar-refractivity contribution in [3.63, 3.8) is 0 Å². The van der Waals surface area contributed by atoms with Crippen molar-refractivity contribution in [2.45, 2.75) is 26.0 Å². The Kier molecular flexibility index (Phi) is 5.28. The zero-order valence-corrected chi connectivity index (χ0v) is 13.2. The lowest BCUT2D eigenvalue weighted by atomic mass is 10.0. The summed E-state index contributed by atoms with van der Waals surface area (Å²) in [5, 5.41) is 14.9. The Bertz CT molecular complexity index is 571. The lowest BCUT2D eigenvalue weighted by Gasteiger charge is -2.16. The van der Waals surface area contributed by atoms with Crippen LogP contribution in [0.5, 0.6) is 0 Å². The molecular formula is C14H18BrN3O2. The van der Waals surface area contributed by atoms with Gasteiger partial charge in [-0.2, -0.15) is 5.10 Å². The van der Waals surface area contributed by atoms with Crippen LogP contribution in [0, 0.1) is 0 Å². The third-order valence-electron chi connectivity index (χ3n) is 3.17. The van der Waals surface area contributed by atoms with Gasteiger partial charge in [0.1, 0.15) is 6.10 Å². The van der Waals surface area contributed by atoms with Crippen LogP contribution in [0.1, 0.15) is 30.0 Å². The van der Waals surface area contributed by atoms with Gasteiger partial charge in [-0.1, -0.05) is 13.0 Å². The molecule has 2 rings (SSSR count). The number of hydrogen-bond donors (Lipinski definition) is 1. The Morgan fingerprint density at radius 1 is 1.50 bits per heavy atom. The summed E-state index contributed by atoms with van der Waals surface area (Å²) >= 11 is 3.44. The fourth-order valence-corrected chi connectivity index (χ4v) is 2.64. The van der Waals surface area contributed by atoms with Gasteiger partial charge in [0.15, 0.2) is 0 Å². The van der Waals surface area contributed by atoms with Crippen molar-refractivity contribution in [3.05, 3.63) is 46.0 Å². The van der Waals surface area contributed by atoms with Gasteiger partial charge >= 0.3 is 0 Å². The molecule has 20 heavy (non-hydrogen) atoms. The van der Waals surface area contributed by atoms with E-state index in [1.807, 2.05) is 19.1 Å². The molecule has 0 fully saturated rings. The molecule has 0 saturated carbocycles. The molecule has 0 amide bonds. The number of methoxy groups -OCH3 is 1. The Morgan fingerprint density at radius 3 is 3.00 bits per heavy atom. The minimum absolute atomic E-state index is 0.538. The number of nitrogens with zero attached hydrogens (tertiary/aromatic N) is 3. The van der Waals surface area contributed by atoms with Gasteiger partial charge in [-0.25, -0.2) is 0 Å². The average Bonchev–Trinajstić information content (AvgIpc) is 2.85. The molecule has 0 bridgehead atoms. The molecule has 108 valence electrons. The number of aryl methyl sites for hydroxylation is 1. The number of hydrogen-bond acceptors (Lipinski definition) is 4. The van der Waals surface area contributed by atoms with E-state index in [4.69, 9.17) is 4.74 Å². The summed E-state index contributed by atoms with van der Waals surface area (Å²) in [7, 11) is 1.64. The average molecular weight is 340 g/mol. The molecule has 0 aliphatic rings. The fourth-order valence-electron chi connectivity index (χ4n) is 2.13. The Hall–Kier alpha value is -1.24. The summed E-state index contributed by atoms with van der Waals surface area (Å²) in [5.41, 5.74) is 2.41. The number of aromatic nitrogens is 3. The van der Waals surface area contributed by atoms with E-state index in [-0.39, 0.29) is 0 Å². The van der Waals surface area contributed by atoms with Crippen LogP contribution in [0.15, 0.2) is 29.0 Å². The molecule has 1 N–H and O–H groups in total. The monoisotopic (exact) mass is 339 g/mol. The molecule has 1 unspecified atom stereocenters. The highest BCUT2D eigenvalue weighted by Gasteiger charge is 2.22. The molecule has 0 aliphatic carbocycles. The van der Waals surface area contributed by atoms with Crippen LogP contribution in [-0.2, 0) is 17.7 Å². The van der Waals surface area contributed by atoms with Crippen molar-refractivity contribution in [3.8, 4) is 0 Å². The second kappa shape index (κ2) is 6.97. The van der Waals surface area contributed by atoms with Crippen LogP contribution in [0.4, 0.5) is 0 Å². The molecule has 2 aromatic heterocycles. The summed E-state index contributed by atoms with van der Waals surface area (Å²) in [6, 6.07) is 3.86. The summed E-state index contributed by atoms with van der Waals surface area (Å²) in [6.45, 7) is 3.17. The lowest BCUT2D eigenvalue weighted by Crippen LogP contribution is -2.15. The topological polar surface area (TPSA) is 60.2 Å². The summed E-state index contributed by atoms with van der Waals surface area (Å²) < 4.78 is 7.58. The van der Waals surface area contributed by atoms with Gasteiger partial charge in [-0.05, 0) is 34.0 Å². The fraction of sp³-hybridized carbons (Fsp3) is 0.429. The van der Waals surface area contributed by atoms with E-state index in [0.29, 0.717) is 24.5 Å². The number of halogens is 1. The van der Waals surface area contributed by atoms with Crippen LogP contribution in [-0.4, -0.2) is 33.6 Å². The maximum absolute atomic E-state index is 10.7. The van der Waals surface area contributed by atoms with Gasteiger partial charge in [-0.15, -0.1) is 0 Å². The van der Waals surface area contributed by atoms with Gasteiger partial charge in [0.25, 0.3) is 0 Å². The van der Waals surface area contributed by atoms with Crippen LogP contribution in [0.25, 0.3) is 0 Å². The van der Waals surface area contributed by atoms with E-state index >= 15 is 0 Å². The van der Waals surface area contributed by atoms with Gasteiger partial charge in [-0.3, -0.25) is 9.67 Å². The second-order valence-electron chi connectivity index (χ2n) is 4.40. The first kappa shape index (κ1) is 15.2. The SMILES string of the molecule is CCc1cccnc1C(O)c1c(Br)cnn1CCOC. The number of rotatable bonds is 6. The molecule has 0 aromatic carbocycles. The second-order valence-corrected chi connectivity index (χ2v) is 5.25. The summed E-state index contributed by atoms with van der Waals surface area (Å²) in [4.78, 5) is 4.32. The molecule has 6 heteroatoms. The zero-order valence-electron chi connectivity index (χ0n) is 11.6. The molecule has 1 atom stereocenters. The molecule has 0 radical (unpaired) electrons. The van der Waals surface area contributed by atoms with Crippen LogP contribution >= 0.6 is 15.9 Å². The Labute approximate surface area is 126 Å². The van der Waals surface area contributed by atoms with Gasteiger partial charge < -0.3 is 9.84 Å². The van der Waals surface area contributed by atoms with E-state index < -0.39 is 6.10 Å². The van der Waals surface area contributed by atoms with Gasteiger partial charge in [0.05, 0.1) is 35.2 Å². The highest BCUT2D eigenvalue weighted by Crippen LogP contribution is 2.29. The van der Waals surface area contributed by atoms with Crippen molar-refractivity contribution in [1.29, 1.82) is 0 Å². The third-order valence-corrected chi connectivity index (χ3v) is 3.78. The van der Waals surface area contributed by atoms with E-state index in [2.05, 4.69) is 26.0 Å². The Balaban J connectivity index is 2.37. The first-order valence-electron chi connectivity index (χ1n) is 6.51. The van der Waals surface area contributed by atoms with Crippen molar-refractivity contribution >= 4 is 15.9 Å². The molecular weight excluding hydrogens is 322 g/mol. The number of aliphatic hydroxyl groups excluding tert-OH is 1. The standard InChI is InChI=1S/C14H18BrN3O2/c1-3-10-5-4-6-16-12(10)14(19)13-11(15)9-17-18(13)7-8-20-2/h4-6,9,14,19H,3,7-8H2,1-2H3. The lowest BCUT2D eigenvalue weighted by molar-refractivity contribution is 0.169. The summed E-state index contributed by atoms with van der Waals surface area (Å²) in [6.07, 6.45) is 3.40. The normalized spacial score (nSPS) is 12.6. The van der Waals surface area contributed by atoms with E-state index in [0.717, 1.165) is 16.5 Å². The number of pyridine rings is 1. The maximum Gasteiger partial charge on any atom is 0.139 e. The minimum atomic E-state index is -0.806. The third kappa shape index (κ3) is 3.08. The van der Waals surface area contributed by atoms with Crippen molar-refractivity contribution in [1.82, 2.24) is 14.8 Å². The highest BCUT2D eigenvalue weighted by atomic mass is 79.9. The largest absolute Gasteiger partial charge is 0.383 e. The maximum atomic E-state index is 10.7. The van der Waals surface area contributed by atoms with Crippen molar-refractivity contribution in [2.75, 3.05) is 13.7 Å². The molecule has 0 saturated heterocycles. The molecule has 0 spiro atoms. The number of ether oxygens (including phenoxy) is 1. The Morgan fingerprint density at radius 2 is 2.30 bits per heavy atom. The molecule has 0 aliphatic heterocycles. The van der Waals surface area contributed by atoms with Crippen LogP contribution < -0.4 is 0 Å². The van der Waals surface area contributed by atoms with Gasteiger partial charge in [0, 0.05) is 13.3 Å². The quantitative estimate of drug-likeness (QED) is 0.877. The smallest absolute Gasteiger partial charge is 0.139 e. The predicted molar refractivity (Wildman–Crippen MR) is 79.5 cm³/mol.